The predicted octanol–water partition coefficient (Wildman–Crippen LogP) is 2.57. The zero-order valence-electron chi connectivity index (χ0n) is 18.9. The van der Waals surface area contributed by atoms with Crippen LogP contribution in [0.5, 0.6) is 5.75 Å². The van der Waals surface area contributed by atoms with Crippen LogP contribution in [0, 0.1) is 0 Å². The van der Waals surface area contributed by atoms with E-state index in [0.29, 0.717) is 34.8 Å². The Morgan fingerprint density at radius 3 is 2.74 bits per heavy atom. The predicted molar refractivity (Wildman–Crippen MR) is 124 cm³/mol. The van der Waals surface area contributed by atoms with E-state index in [-0.39, 0.29) is 19.0 Å². The van der Waals surface area contributed by atoms with Gasteiger partial charge in [0.15, 0.2) is 6.04 Å². The molecule has 0 saturated carbocycles. The molecule has 1 N–H and O–H groups in total. The third-order valence-corrected chi connectivity index (χ3v) is 5.23. The van der Waals surface area contributed by atoms with E-state index in [9.17, 15) is 9.59 Å². The number of furan rings is 1. The topological polar surface area (TPSA) is 112 Å². The highest BCUT2D eigenvalue weighted by Gasteiger charge is 2.35. The van der Waals surface area contributed by atoms with Gasteiger partial charge in [0.25, 0.3) is 5.91 Å². The molecule has 10 nitrogen and oxygen atoms in total. The molecule has 4 rings (SSSR count). The van der Waals surface area contributed by atoms with Gasteiger partial charge in [-0.15, -0.1) is 5.10 Å². The molecule has 0 aliphatic heterocycles. The number of benzene rings is 2. The van der Waals surface area contributed by atoms with Crippen molar-refractivity contribution in [3.8, 4) is 5.75 Å². The highest BCUT2D eigenvalue weighted by molar-refractivity contribution is 6.01. The molecule has 0 spiro atoms. The fourth-order valence-corrected chi connectivity index (χ4v) is 3.63. The molecule has 176 valence electrons. The standard InChI is InChI=1S/C24H25N5O5/c1-32-14-12-25-24(31)23(21-11-6-13-34-21)29(17-7-5-8-18(15-17)33-2)22(30)16-28-20-10-4-3-9-19(20)26-27-28/h3-11,13,15,23H,12,14,16H2,1-2H3,(H,25,31)/t23-/m1/s1. The molecule has 4 aromatic rings. The number of ether oxygens (including phenoxy) is 2. The van der Waals surface area contributed by atoms with Gasteiger partial charge in [0, 0.05) is 25.4 Å². The fourth-order valence-electron chi connectivity index (χ4n) is 3.63. The molecule has 2 aromatic heterocycles. The van der Waals surface area contributed by atoms with Crippen molar-refractivity contribution in [2.45, 2.75) is 12.6 Å². The molecule has 1 atom stereocenters. The Kier molecular flexibility index (Phi) is 7.19. The van der Waals surface area contributed by atoms with Crippen molar-refractivity contribution in [3.63, 3.8) is 0 Å². The van der Waals surface area contributed by atoms with Crippen LogP contribution in [-0.4, -0.2) is 54.2 Å². The van der Waals surface area contributed by atoms with Crippen molar-refractivity contribution >= 4 is 28.5 Å². The Balaban J connectivity index is 1.75. The van der Waals surface area contributed by atoms with Crippen molar-refractivity contribution in [3.05, 3.63) is 72.7 Å². The summed E-state index contributed by atoms with van der Waals surface area (Å²) >= 11 is 0. The lowest BCUT2D eigenvalue weighted by Gasteiger charge is -2.30. The first-order valence-electron chi connectivity index (χ1n) is 10.7. The van der Waals surface area contributed by atoms with E-state index < -0.39 is 11.9 Å². The maximum Gasteiger partial charge on any atom is 0.251 e. The normalized spacial score (nSPS) is 11.8. The van der Waals surface area contributed by atoms with Gasteiger partial charge in [0.1, 0.15) is 23.6 Å². The molecule has 0 aliphatic carbocycles. The van der Waals surface area contributed by atoms with Crippen molar-refractivity contribution in [2.24, 2.45) is 0 Å². The molecule has 0 fully saturated rings. The van der Waals surface area contributed by atoms with Gasteiger partial charge in [0.2, 0.25) is 5.91 Å². The van der Waals surface area contributed by atoms with Gasteiger partial charge in [-0.25, -0.2) is 4.68 Å². The number of hydrogen-bond donors (Lipinski definition) is 1. The van der Waals surface area contributed by atoms with Crippen LogP contribution in [0.25, 0.3) is 11.0 Å². The van der Waals surface area contributed by atoms with Gasteiger partial charge in [-0.2, -0.15) is 0 Å². The van der Waals surface area contributed by atoms with Crippen LogP contribution in [0.1, 0.15) is 11.8 Å². The number of nitrogens with zero attached hydrogens (tertiary/aromatic N) is 4. The third-order valence-electron chi connectivity index (χ3n) is 5.23. The second-order valence-corrected chi connectivity index (χ2v) is 7.40. The number of carbonyl (C=O) groups is 2. The molecular formula is C24H25N5O5. The number of amides is 2. The first-order chi connectivity index (χ1) is 16.6. The fraction of sp³-hybridized carbons (Fsp3) is 0.250. The summed E-state index contributed by atoms with van der Waals surface area (Å²) in [6.07, 6.45) is 1.46. The Morgan fingerprint density at radius 2 is 1.97 bits per heavy atom. The van der Waals surface area contributed by atoms with E-state index >= 15 is 0 Å². The van der Waals surface area contributed by atoms with Crippen LogP contribution in [0.2, 0.25) is 0 Å². The summed E-state index contributed by atoms with van der Waals surface area (Å²) in [7, 11) is 3.08. The van der Waals surface area contributed by atoms with Gasteiger partial charge in [-0.1, -0.05) is 23.4 Å². The molecule has 0 unspecified atom stereocenters. The Bertz CT molecular complexity index is 1250. The number of hydrogen-bond acceptors (Lipinski definition) is 7. The van der Waals surface area contributed by atoms with Crippen molar-refractivity contribution in [1.82, 2.24) is 20.3 Å². The van der Waals surface area contributed by atoms with Crippen LogP contribution in [-0.2, 0) is 20.9 Å². The summed E-state index contributed by atoms with van der Waals surface area (Å²) in [5.41, 5.74) is 1.85. The van der Waals surface area contributed by atoms with Crippen LogP contribution >= 0.6 is 0 Å². The lowest BCUT2D eigenvalue weighted by Crippen LogP contribution is -2.45. The smallest absolute Gasteiger partial charge is 0.251 e. The lowest BCUT2D eigenvalue weighted by molar-refractivity contribution is -0.127. The molecule has 34 heavy (non-hydrogen) atoms. The summed E-state index contributed by atoms with van der Waals surface area (Å²) in [6.45, 7) is 0.468. The minimum atomic E-state index is -1.07. The minimum absolute atomic E-state index is 0.139. The summed E-state index contributed by atoms with van der Waals surface area (Å²) in [5.74, 6) is 0.0628. The first-order valence-corrected chi connectivity index (χ1v) is 10.7. The van der Waals surface area contributed by atoms with E-state index in [1.807, 2.05) is 24.3 Å². The lowest BCUT2D eigenvalue weighted by atomic mass is 10.1. The number of fused-ring (bicyclic) bond motifs is 1. The van der Waals surface area contributed by atoms with E-state index in [1.165, 1.54) is 23.0 Å². The van der Waals surface area contributed by atoms with Gasteiger partial charge in [-0.3, -0.25) is 14.5 Å². The van der Waals surface area contributed by atoms with Gasteiger partial charge in [0.05, 0.1) is 25.5 Å². The number of para-hydroxylation sites is 1. The summed E-state index contributed by atoms with van der Waals surface area (Å²) in [5, 5.41) is 11.1. The van der Waals surface area contributed by atoms with Crippen LogP contribution in [0.15, 0.2) is 71.3 Å². The molecule has 0 radical (unpaired) electrons. The van der Waals surface area contributed by atoms with Gasteiger partial charge < -0.3 is 19.2 Å². The third kappa shape index (κ3) is 4.91. The Morgan fingerprint density at radius 1 is 1.12 bits per heavy atom. The quantitative estimate of drug-likeness (QED) is 0.360. The SMILES string of the molecule is COCCNC(=O)[C@@H](c1ccco1)N(C(=O)Cn1nnc2ccccc21)c1cccc(OC)c1. The molecule has 2 heterocycles. The minimum Gasteiger partial charge on any atom is -0.497 e. The molecular weight excluding hydrogens is 438 g/mol. The summed E-state index contributed by atoms with van der Waals surface area (Å²) < 4.78 is 17.5. The highest BCUT2D eigenvalue weighted by Crippen LogP contribution is 2.31. The van der Waals surface area contributed by atoms with Crippen molar-refractivity contribution in [1.29, 1.82) is 0 Å². The van der Waals surface area contributed by atoms with E-state index in [0.717, 1.165) is 0 Å². The maximum atomic E-state index is 13.8. The average Bonchev–Trinajstić information content (AvgIpc) is 3.53. The molecule has 0 bridgehead atoms. The maximum absolute atomic E-state index is 13.8. The number of rotatable bonds is 10. The molecule has 2 amide bonds. The number of nitrogens with one attached hydrogen (secondary N) is 1. The van der Waals surface area contributed by atoms with Crippen LogP contribution < -0.4 is 15.0 Å². The zero-order chi connectivity index (χ0) is 23.9. The Hall–Kier alpha value is -4.18. The highest BCUT2D eigenvalue weighted by atomic mass is 16.5. The monoisotopic (exact) mass is 463 g/mol. The second-order valence-electron chi connectivity index (χ2n) is 7.40. The molecule has 10 heteroatoms. The van der Waals surface area contributed by atoms with Crippen molar-refractivity contribution < 1.29 is 23.5 Å². The number of aromatic nitrogens is 3. The largest absolute Gasteiger partial charge is 0.497 e. The molecule has 0 aliphatic rings. The molecule has 0 saturated heterocycles. The van der Waals surface area contributed by atoms with Gasteiger partial charge >= 0.3 is 0 Å². The van der Waals surface area contributed by atoms with Crippen molar-refractivity contribution in [2.75, 3.05) is 32.3 Å². The number of methoxy groups -OCH3 is 2. The Labute approximate surface area is 196 Å². The van der Waals surface area contributed by atoms with Gasteiger partial charge in [-0.05, 0) is 36.4 Å². The summed E-state index contributed by atoms with van der Waals surface area (Å²) in [6, 6.07) is 16.5. The van der Waals surface area contributed by atoms with Crippen LogP contribution in [0.3, 0.4) is 0 Å². The number of carbonyl (C=O) groups excluding carboxylic acids is 2. The van der Waals surface area contributed by atoms with E-state index in [1.54, 1.807) is 43.5 Å². The van der Waals surface area contributed by atoms with Crippen LogP contribution in [0.4, 0.5) is 5.69 Å². The second kappa shape index (κ2) is 10.6. The first kappa shape index (κ1) is 23.0. The number of anilines is 1. The average molecular weight is 463 g/mol. The van der Waals surface area contributed by atoms with E-state index in [2.05, 4.69) is 15.6 Å². The molecule has 2 aromatic carbocycles. The van der Waals surface area contributed by atoms with E-state index in [4.69, 9.17) is 13.9 Å². The zero-order valence-corrected chi connectivity index (χ0v) is 18.9. The summed E-state index contributed by atoms with van der Waals surface area (Å²) in [4.78, 5) is 28.5.